The smallest absolute Gasteiger partial charge is 0.0359 e. The molecule has 0 bridgehead atoms. The highest BCUT2D eigenvalue weighted by Gasteiger charge is 2.13. The summed E-state index contributed by atoms with van der Waals surface area (Å²) < 4.78 is 0. The van der Waals surface area contributed by atoms with Crippen LogP contribution in [0.3, 0.4) is 0 Å². The van der Waals surface area contributed by atoms with E-state index >= 15 is 0 Å². The molecule has 0 unspecified atom stereocenters. The highest BCUT2D eigenvalue weighted by molar-refractivity contribution is 5.46. The number of aryl methyl sites for hydroxylation is 2. The number of rotatable bonds is 5. The maximum Gasteiger partial charge on any atom is 0.0359 e. The lowest BCUT2D eigenvalue weighted by Gasteiger charge is -2.28. The van der Waals surface area contributed by atoms with Gasteiger partial charge in [0.15, 0.2) is 0 Å². The molecular formula is C19H26N2. The number of hydrogen-bond acceptors (Lipinski definition) is 2. The van der Waals surface area contributed by atoms with Crippen molar-refractivity contribution in [2.45, 2.75) is 46.8 Å². The van der Waals surface area contributed by atoms with Gasteiger partial charge in [-0.1, -0.05) is 42.0 Å². The number of benzene rings is 2. The Morgan fingerprint density at radius 3 is 2.29 bits per heavy atom. The molecule has 0 aliphatic carbocycles. The van der Waals surface area contributed by atoms with Crippen LogP contribution in [-0.4, -0.2) is 10.9 Å². The Bertz CT molecular complexity index is 602. The topological polar surface area (TPSA) is 29.3 Å². The van der Waals surface area contributed by atoms with Crippen LogP contribution in [0.5, 0.6) is 0 Å². The van der Waals surface area contributed by atoms with Gasteiger partial charge in [0.2, 0.25) is 0 Å². The average Bonchev–Trinajstić information content (AvgIpc) is 2.44. The zero-order valence-corrected chi connectivity index (χ0v) is 13.6. The Labute approximate surface area is 128 Å². The molecule has 0 saturated carbocycles. The molecule has 0 amide bonds. The normalized spacial score (nSPS) is 11.3. The zero-order valence-electron chi connectivity index (χ0n) is 13.6. The first-order valence-corrected chi connectivity index (χ1v) is 7.61. The SMILES string of the molecule is Cc1ccc(C)c(CN(Cc2ccccc2N)C(C)C)c1. The number of nitrogens with two attached hydrogens (primary N) is 1. The molecule has 0 aliphatic heterocycles. The Morgan fingerprint density at radius 1 is 0.952 bits per heavy atom. The number of anilines is 1. The average molecular weight is 282 g/mol. The summed E-state index contributed by atoms with van der Waals surface area (Å²) in [6.45, 7) is 10.7. The molecule has 2 N–H and O–H groups in total. The molecule has 0 heterocycles. The maximum atomic E-state index is 6.09. The van der Waals surface area contributed by atoms with Crippen molar-refractivity contribution in [2.75, 3.05) is 5.73 Å². The van der Waals surface area contributed by atoms with E-state index in [1.807, 2.05) is 12.1 Å². The minimum atomic E-state index is 0.476. The van der Waals surface area contributed by atoms with E-state index in [1.165, 1.54) is 22.3 Å². The van der Waals surface area contributed by atoms with Gasteiger partial charge in [0.05, 0.1) is 0 Å². The largest absolute Gasteiger partial charge is 0.398 e. The van der Waals surface area contributed by atoms with Gasteiger partial charge in [0, 0.05) is 24.8 Å². The summed E-state index contributed by atoms with van der Waals surface area (Å²) in [5.74, 6) is 0. The predicted octanol–water partition coefficient (Wildman–Crippen LogP) is 4.30. The van der Waals surface area contributed by atoms with Crippen molar-refractivity contribution in [1.82, 2.24) is 4.90 Å². The van der Waals surface area contributed by atoms with Gasteiger partial charge in [-0.2, -0.15) is 0 Å². The first-order valence-electron chi connectivity index (χ1n) is 7.61. The van der Waals surface area contributed by atoms with E-state index in [-0.39, 0.29) is 0 Å². The van der Waals surface area contributed by atoms with Crippen molar-refractivity contribution < 1.29 is 0 Å². The van der Waals surface area contributed by atoms with Crippen molar-refractivity contribution in [3.8, 4) is 0 Å². The molecule has 0 aromatic heterocycles. The predicted molar refractivity (Wildman–Crippen MR) is 91.2 cm³/mol. The van der Waals surface area contributed by atoms with E-state index in [1.54, 1.807) is 0 Å². The molecule has 21 heavy (non-hydrogen) atoms. The number of hydrogen-bond donors (Lipinski definition) is 1. The second kappa shape index (κ2) is 6.77. The van der Waals surface area contributed by atoms with Crippen molar-refractivity contribution in [2.24, 2.45) is 0 Å². The van der Waals surface area contributed by atoms with Gasteiger partial charge in [-0.3, -0.25) is 4.90 Å². The standard InChI is InChI=1S/C19H26N2/c1-14(2)21(12-17-7-5-6-8-19(17)20)13-18-11-15(3)9-10-16(18)4/h5-11,14H,12-13,20H2,1-4H3. The molecule has 2 heteroatoms. The first-order chi connectivity index (χ1) is 9.97. The van der Waals surface area contributed by atoms with Gasteiger partial charge >= 0.3 is 0 Å². The maximum absolute atomic E-state index is 6.09. The molecule has 0 fully saturated rings. The van der Waals surface area contributed by atoms with Crippen LogP contribution >= 0.6 is 0 Å². The molecule has 112 valence electrons. The van der Waals surface area contributed by atoms with Gasteiger partial charge in [-0.05, 0) is 50.5 Å². The van der Waals surface area contributed by atoms with Crippen LogP contribution < -0.4 is 5.73 Å². The fourth-order valence-corrected chi connectivity index (χ4v) is 2.51. The van der Waals surface area contributed by atoms with E-state index in [4.69, 9.17) is 5.73 Å². The zero-order chi connectivity index (χ0) is 15.4. The van der Waals surface area contributed by atoms with Crippen LogP contribution in [0.25, 0.3) is 0 Å². The second-order valence-electron chi connectivity index (χ2n) is 6.13. The fourth-order valence-electron chi connectivity index (χ4n) is 2.51. The number of nitrogen functional groups attached to an aromatic ring is 1. The Morgan fingerprint density at radius 2 is 1.62 bits per heavy atom. The van der Waals surface area contributed by atoms with Gasteiger partial charge in [-0.15, -0.1) is 0 Å². The highest BCUT2D eigenvalue weighted by atomic mass is 15.1. The molecule has 2 rings (SSSR count). The lowest BCUT2D eigenvalue weighted by molar-refractivity contribution is 0.203. The lowest BCUT2D eigenvalue weighted by Crippen LogP contribution is -2.30. The summed E-state index contributed by atoms with van der Waals surface area (Å²) >= 11 is 0. The Kier molecular flexibility index (Phi) is 5.03. The van der Waals surface area contributed by atoms with E-state index < -0.39 is 0 Å². The van der Waals surface area contributed by atoms with Crippen molar-refractivity contribution in [3.05, 3.63) is 64.7 Å². The van der Waals surface area contributed by atoms with Gasteiger partial charge in [0.1, 0.15) is 0 Å². The van der Waals surface area contributed by atoms with Crippen molar-refractivity contribution in [1.29, 1.82) is 0 Å². The monoisotopic (exact) mass is 282 g/mol. The summed E-state index contributed by atoms with van der Waals surface area (Å²) in [6, 6.07) is 15.3. The van der Waals surface area contributed by atoms with E-state index in [0.717, 1.165) is 18.8 Å². The fraction of sp³-hybridized carbons (Fsp3) is 0.368. The molecule has 0 radical (unpaired) electrons. The molecule has 0 saturated heterocycles. The third kappa shape index (κ3) is 4.08. The molecule has 2 aromatic carbocycles. The summed E-state index contributed by atoms with van der Waals surface area (Å²) in [4.78, 5) is 2.47. The van der Waals surface area contributed by atoms with Crippen LogP contribution in [-0.2, 0) is 13.1 Å². The van der Waals surface area contributed by atoms with Crippen LogP contribution in [0.1, 0.15) is 36.1 Å². The van der Waals surface area contributed by atoms with Crippen LogP contribution in [0.4, 0.5) is 5.69 Å². The second-order valence-corrected chi connectivity index (χ2v) is 6.13. The van der Waals surface area contributed by atoms with E-state index in [0.29, 0.717) is 6.04 Å². The minimum absolute atomic E-state index is 0.476. The molecule has 2 nitrogen and oxygen atoms in total. The third-order valence-electron chi connectivity index (χ3n) is 4.04. The van der Waals surface area contributed by atoms with Gasteiger partial charge < -0.3 is 5.73 Å². The summed E-state index contributed by atoms with van der Waals surface area (Å²) in [7, 11) is 0. The summed E-state index contributed by atoms with van der Waals surface area (Å²) in [5.41, 5.74) is 12.2. The van der Waals surface area contributed by atoms with Gasteiger partial charge in [-0.25, -0.2) is 0 Å². The minimum Gasteiger partial charge on any atom is -0.398 e. The van der Waals surface area contributed by atoms with Crippen LogP contribution in [0, 0.1) is 13.8 Å². The Hall–Kier alpha value is -1.80. The lowest BCUT2D eigenvalue weighted by atomic mass is 10.0. The third-order valence-corrected chi connectivity index (χ3v) is 4.04. The number of para-hydroxylation sites is 1. The van der Waals surface area contributed by atoms with Crippen LogP contribution in [0.2, 0.25) is 0 Å². The summed E-state index contributed by atoms with van der Waals surface area (Å²) in [6.07, 6.45) is 0. The molecular weight excluding hydrogens is 256 g/mol. The van der Waals surface area contributed by atoms with Crippen LogP contribution in [0.15, 0.2) is 42.5 Å². The Balaban J connectivity index is 2.20. The molecule has 2 aromatic rings. The summed E-state index contributed by atoms with van der Waals surface area (Å²) in [5, 5.41) is 0. The first kappa shape index (κ1) is 15.6. The molecule has 0 aliphatic rings. The van der Waals surface area contributed by atoms with Crippen molar-refractivity contribution >= 4 is 5.69 Å². The van der Waals surface area contributed by atoms with Crippen molar-refractivity contribution in [3.63, 3.8) is 0 Å². The molecule has 0 spiro atoms. The number of nitrogens with zero attached hydrogens (tertiary/aromatic N) is 1. The van der Waals surface area contributed by atoms with E-state index in [9.17, 15) is 0 Å². The van der Waals surface area contributed by atoms with Gasteiger partial charge in [0.25, 0.3) is 0 Å². The van der Waals surface area contributed by atoms with E-state index in [2.05, 4.69) is 62.9 Å². The highest BCUT2D eigenvalue weighted by Crippen LogP contribution is 2.19. The quantitative estimate of drug-likeness (QED) is 0.829. The molecule has 0 atom stereocenters.